The van der Waals surface area contributed by atoms with Crippen LogP contribution < -0.4 is 22.1 Å². The number of hydrogen-bond acceptors (Lipinski definition) is 8. The average molecular weight is 413 g/mol. The smallest absolute Gasteiger partial charge is 0.273 e. The molecule has 3 aromatic rings. The van der Waals surface area contributed by atoms with Gasteiger partial charge in [0.1, 0.15) is 5.15 Å². The first kappa shape index (κ1) is 19.3. The van der Waals surface area contributed by atoms with Crippen molar-refractivity contribution in [3.63, 3.8) is 0 Å². The fourth-order valence-electron chi connectivity index (χ4n) is 3.46. The molecule has 1 saturated carbocycles. The van der Waals surface area contributed by atoms with Crippen LogP contribution in [0.1, 0.15) is 36.2 Å². The first-order chi connectivity index (χ1) is 14.0. The molecule has 150 valence electrons. The average Bonchev–Trinajstić information content (AvgIpc) is 2.70. The number of rotatable bonds is 5. The summed E-state index contributed by atoms with van der Waals surface area (Å²) in [6.07, 6.45) is 4.10. The highest BCUT2D eigenvalue weighted by molar-refractivity contribution is 6.29. The number of carbonyl (C=O) groups excluding carboxylic acids is 1. The van der Waals surface area contributed by atoms with Crippen molar-refractivity contribution in [2.24, 2.45) is 11.5 Å². The van der Waals surface area contributed by atoms with Gasteiger partial charge in [0.05, 0.1) is 5.52 Å². The van der Waals surface area contributed by atoms with Crippen molar-refractivity contribution >= 4 is 45.9 Å². The van der Waals surface area contributed by atoms with Gasteiger partial charge in [-0.25, -0.2) is 4.98 Å². The Labute approximate surface area is 172 Å². The lowest BCUT2D eigenvalue weighted by Gasteiger charge is -2.29. The van der Waals surface area contributed by atoms with E-state index in [0.29, 0.717) is 16.8 Å². The van der Waals surface area contributed by atoms with Crippen LogP contribution >= 0.6 is 11.6 Å². The summed E-state index contributed by atoms with van der Waals surface area (Å²) in [6.45, 7) is 0. The van der Waals surface area contributed by atoms with Crippen molar-refractivity contribution < 1.29 is 4.79 Å². The molecule has 1 amide bonds. The molecule has 2 atom stereocenters. The fourth-order valence-corrected chi connectivity index (χ4v) is 3.61. The molecule has 29 heavy (non-hydrogen) atoms. The zero-order valence-electron chi connectivity index (χ0n) is 15.6. The second-order valence-electron chi connectivity index (χ2n) is 7.06. The van der Waals surface area contributed by atoms with Gasteiger partial charge in [0.25, 0.3) is 5.91 Å². The van der Waals surface area contributed by atoms with Crippen molar-refractivity contribution in [3.05, 3.63) is 41.2 Å². The van der Waals surface area contributed by atoms with Gasteiger partial charge in [0.2, 0.25) is 5.95 Å². The Balaban J connectivity index is 1.62. The number of pyridine rings is 1. The Morgan fingerprint density at radius 3 is 2.72 bits per heavy atom. The maximum absolute atomic E-state index is 11.8. The molecular weight excluding hydrogens is 392 g/mol. The van der Waals surface area contributed by atoms with E-state index in [4.69, 9.17) is 23.1 Å². The molecule has 1 aromatic carbocycles. The third kappa shape index (κ3) is 4.36. The van der Waals surface area contributed by atoms with E-state index >= 15 is 0 Å². The largest absolute Gasteiger partial charge is 0.364 e. The summed E-state index contributed by atoms with van der Waals surface area (Å²) in [7, 11) is 0. The lowest BCUT2D eigenvalue weighted by Crippen LogP contribution is -2.43. The molecule has 0 bridgehead atoms. The van der Waals surface area contributed by atoms with Crippen LogP contribution in [0.2, 0.25) is 5.15 Å². The van der Waals surface area contributed by atoms with Gasteiger partial charge in [0, 0.05) is 23.2 Å². The summed E-state index contributed by atoms with van der Waals surface area (Å²) in [5, 5.41) is 15.6. The minimum Gasteiger partial charge on any atom is -0.364 e. The molecule has 2 aromatic heterocycles. The number of nitrogens with one attached hydrogen (secondary N) is 2. The standard InChI is InChI=1S/C19H21ClN8O/c20-15-8-5-10-9-11(6-7-13(10)24-15)23-18-16(17(22)29)27-28-19(26-18)25-14-4-2-1-3-12(14)21/h5-9,12,14H,1-4,21H2,(H2,22,29)(H2,23,25,26,28)/t12-,14?/m0/s1. The maximum Gasteiger partial charge on any atom is 0.273 e. The first-order valence-electron chi connectivity index (χ1n) is 9.39. The van der Waals surface area contributed by atoms with Crippen molar-refractivity contribution in [1.29, 1.82) is 0 Å². The molecule has 0 aliphatic heterocycles. The monoisotopic (exact) mass is 412 g/mol. The van der Waals surface area contributed by atoms with Crippen LogP contribution in [0.3, 0.4) is 0 Å². The van der Waals surface area contributed by atoms with Crippen molar-refractivity contribution in [2.75, 3.05) is 10.6 Å². The summed E-state index contributed by atoms with van der Waals surface area (Å²) >= 11 is 5.93. The Bertz CT molecular complexity index is 1060. The lowest BCUT2D eigenvalue weighted by atomic mass is 9.91. The molecule has 1 aliphatic rings. The fraction of sp³-hybridized carbons (Fsp3) is 0.316. The molecule has 1 fully saturated rings. The van der Waals surface area contributed by atoms with Gasteiger partial charge in [0.15, 0.2) is 11.5 Å². The van der Waals surface area contributed by atoms with Gasteiger partial charge in [-0.2, -0.15) is 4.98 Å². The normalized spacial score (nSPS) is 19.1. The molecule has 0 spiro atoms. The third-order valence-electron chi connectivity index (χ3n) is 4.97. The summed E-state index contributed by atoms with van der Waals surface area (Å²) < 4.78 is 0. The summed E-state index contributed by atoms with van der Waals surface area (Å²) in [5.41, 5.74) is 13.0. The lowest BCUT2D eigenvalue weighted by molar-refractivity contribution is 0.0995. The summed E-state index contributed by atoms with van der Waals surface area (Å²) in [4.78, 5) is 20.5. The van der Waals surface area contributed by atoms with E-state index < -0.39 is 5.91 Å². The van der Waals surface area contributed by atoms with E-state index in [2.05, 4.69) is 30.8 Å². The van der Waals surface area contributed by atoms with Crippen LogP contribution in [0.15, 0.2) is 30.3 Å². The number of halogens is 1. The summed E-state index contributed by atoms with van der Waals surface area (Å²) in [6, 6.07) is 9.17. The van der Waals surface area contributed by atoms with Crippen LogP contribution in [-0.2, 0) is 0 Å². The molecule has 0 radical (unpaired) electrons. The molecule has 0 saturated heterocycles. The van der Waals surface area contributed by atoms with Gasteiger partial charge in [-0.3, -0.25) is 4.79 Å². The highest BCUT2D eigenvalue weighted by Gasteiger charge is 2.23. The molecule has 2 heterocycles. The zero-order valence-corrected chi connectivity index (χ0v) is 16.4. The highest BCUT2D eigenvalue weighted by atomic mass is 35.5. The third-order valence-corrected chi connectivity index (χ3v) is 5.18. The van der Waals surface area contributed by atoms with E-state index in [1.165, 1.54) is 0 Å². The van der Waals surface area contributed by atoms with Crippen molar-refractivity contribution in [1.82, 2.24) is 20.2 Å². The minimum atomic E-state index is -0.720. The Kier molecular flexibility index (Phi) is 5.41. The van der Waals surface area contributed by atoms with Gasteiger partial charge in [-0.05, 0) is 43.2 Å². The summed E-state index contributed by atoms with van der Waals surface area (Å²) in [5.74, 6) is -0.197. The Morgan fingerprint density at radius 1 is 1.10 bits per heavy atom. The molecule has 6 N–H and O–H groups in total. The van der Waals surface area contributed by atoms with Crippen molar-refractivity contribution in [2.45, 2.75) is 37.8 Å². The van der Waals surface area contributed by atoms with E-state index in [1.807, 2.05) is 24.3 Å². The number of nitrogens with two attached hydrogens (primary N) is 2. The molecule has 1 unspecified atom stereocenters. The number of fused-ring (bicyclic) bond motifs is 1. The van der Waals surface area contributed by atoms with Gasteiger partial charge >= 0.3 is 0 Å². The van der Waals surface area contributed by atoms with Gasteiger partial charge in [-0.15, -0.1) is 10.2 Å². The number of primary amides is 1. The number of hydrogen-bond donors (Lipinski definition) is 4. The molecule has 4 rings (SSSR count). The number of benzene rings is 1. The number of nitrogens with zero attached hydrogens (tertiary/aromatic N) is 4. The van der Waals surface area contributed by atoms with E-state index in [0.717, 1.165) is 36.6 Å². The van der Waals surface area contributed by atoms with Crippen LogP contribution in [0, 0.1) is 0 Å². The van der Waals surface area contributed by atoms with Crippen molar-refractivity contribution in [3.8, 4) is 0 Å². The SMILES string of the molecule is NC(=O)c1nnc(NC2CCCC[C@@H]2N)nc1Nc1ccc2nc(Cl)ccc2c1. The second-order valence-corrected chi connectivity index (χ2v) is 7.45. The van der Waals surface area contributed by atoms with Gasteiger partial charge < -0.3 is 22.1 Å². The predicted molar refractivity (Wildman–Crippen MR) is 112 cm³/mol. The highest BCUT2D eigenvalue weighted by Crippen LogP contribution is 2.24. The van der Waals surface area contributed by atoms with Crippen LogP contribution in [-0.4, -0.2) is 38.2 Å². The molecule has 1 aliphatic carbocycles. The second kappa shape index (κ2) is 8.14. The number of anilines is 3. The van der Waals surface area contributed by atoms with Gasteiger partial charge in [-0.1, -0.05) is 24.4 Å². The van der Waals surface area contributed by atoms with Crippen LogP contribution in [0.25, 0.3) is 10.9 Å². The number of amides is 1. The Morgan fingerprint density at radius 2 is 1.93 bits per heavy atom. The zero-order chi connectivity index (χ0) is 20.4. The quantitative estimate of drug-likeness (QED) is 0.468. The topological polar surface area (TPSA) is 145 Å². The van der Waals surface area contributed by atoms with E-state index in [-0.39, 0.29) is 23.6 Å². The molecule has 10 heteroatoms. The first-order valence-corrected chi connectivity index (χ1v) is 9.77. The molecule has 9 nitrogen and oxygen atoms in total. The minimum absolute atomic E-state index is 0.0272. The van der Waals surface area contributed by atoms with E-state index in [1.54, 1.807) is 6.07 Å². The van der Waals surface area contributed by atoms with Crippen LogP contribution in [0.5, 0.6) is 0 Å². The predicted octanol–water partition coefficient (Wildman–Crippen LogP) is 2.60. The van der Waals surface area contributed by atoms with E-state index in [9.17, 15) is 4.79 Å². The maximum atomic E-state index is 11.8. The Hall–Kier alpha value is -3.04. The molecular formula is C19H21ClN8O. The number of aromatic nitrogens is 4. The van der Waals surface area contributed by atoms with Crippen LogP contribution in [0.4, 0.5) is 17.5 Å². The number of carbonyl (C=O) groups is 1.